The number of hydrogen-bond donors (Lipinski definition) is 1. The molecule has 8 nitrogen and oxygen atoms in total. The summed E-state index contributed by atoms with van der Waals surface area (Å²) in [6.07, 6.45) is 4.60. The lowest BCUT2D eigenvalue weighted by Crippen LogP contribution is -2.42. The second kappa shape index (κ2) is 9.79. The Morgan fingerprint density at radius 3 is 2.71 bits per heavy atom. The number of fused-ring (bicyclic) bond motifs is 2. The third-order valence-corrected chi connectivity index (χ3v) is 6.94. The summed E-state index contributed by atoms with van der Waals surface area (Å²) in [6, 6.07) is 11.4. The number of nitrogens with zero attached hydrogens (tertiary/aromatic N) is 2. The molecule has 1 aliphatic carbocycles. The van der Waals surface area contributed by atoms with Gasteiger partial charge in [0.1, 0.15) is 0 Å². The lowest BCUT2D eigenvalue weighted by atomic mass is 10.0. The SMILES string of the molecule is O=C(COC(=O)c1c2c(nc3ccccc13)/C(=C\c1cccs1)CC2)NC(=O)CN1CCCC1=O. The van der Waals surface area contributed by atoms with Crippen LogP contribution in [0.3, 0.4) is 0 Å². The molecule has 9 heteroatoms. The molecule has 1 aromatic carbocycles. The van der Waals surface area contributed by atoms with Crippen molar-refractivity contribution in [3.05, 3.63) is 63.5 Å². The van der Waals surface area contributed by atoms with Gasteiger partial charge in [0.2, 0.25) is 11.8 Å². The number of para-hydroxylation sites is 1. The van der Waals surface area contributed by atoms with Gasteiger partial charge in [-0.05, 0) is 54.0 Å². The van der Waals surface area contributed by atoms with Crippen LogP contribution >= 0.6 is 11.3 Å². The zero-order valence-electron chi connectivity index (χ0n) is 18.9. The first-order chi connectivity index (χ1) is 17.0. The van der Waals surface area contributed by atoms with Gasteiger partial charge in [0.15, 0.2) is 6.61 Å². The number of nitrogens with one attached hydrogen (secondary N) is 1. The van der Waals surface area contributed by atoms with Gasteiger partial charge >= 0.3 is 5.97 Å². The second-order valence-corrected chi connectivity index (χ2v) is 9.46. The molecule has 0 radical (unpaired) electrons. The lowest BCUT2D eigenvalue weighted by molar-refractivity contribution is -0.137. The molecular weight excluding hydrogens is 466 g/mol. The average Bonchev–Trinajstić information content (AvgIpc) is 3.59. The minimum atomic E-state index is -0.733. The summed E-state index contributed by atoms with van der Waals surface area (Å²) in [6.45, 7) is -0.277. The van der Waals surface area contributed by atoms with E-state index >= 15 is 0 Å². The van der Waals surface area contributed by atoms with Gasteiger partial charge in [0, 0.05) is 23.2 Å². The number of rotatable bonds is 6. The largest absolute Gasteiger partial charge is 0.452 e. The van der Waals surface area contributed by atoms with Crippen LogP contribution in [0.1, 0.15) is 45.8 Å². The Kier molecular flexibility index (Phi) is 6.41. The van der Waals surface area contributed by atoms with E-state index in [0.29, 0.717) is 42.3 Å². The van der Waals surface area contributed by atoms with Crippen LogP contribution in [0.4, 0.5) is 0 Å². The molecule has 1 fully saturated rings. The van der Waals surface area contributed by atoms with E-state index in [4.69, 9.17) is 9.72 Å². The molecule has 3 heterocycles. The summed E-state index contributed by atoms with van der Waals surface area (Å²) in [4.78, 5) is 56.5. The maximum Gasteiger partial charge on any atom is 0.339 e. The van der Waals surface area contributed by atoms with Crippen molar-refractivity contribution in [3.63, 3.8) is 0 Å². The number of benzene rings is 1. The molecule has 5 rings (SSSR count). The Balaban J connectivity index is 1.33. The first-order valence-electron chi connectivity index (χ1n) is 11.4. The number of hydrogen-bond acceptors (Lipinski definition) is 7. The van der Waals surface area contributed by atoms with Crippen molar-refractivity contribution < 1.29 is 23.9 Å². The maximum absolute atomic E-state index is 13.2. The zero-order valence-corrected chi connectivity index (χ0v) is 19.7. The number of allylic oxidation sites excluding steroid dienone is 1. The van der Waals surface area contributed by atoms with Crippen molar-refractivity contribution in [1.29, 1.82) is 0 Å². The highest BCUT2D eigenvalue weighted by atomic mass is 32.1. The molecule has 0 unspecified atom stereocenters. The van der Waals surface area contributed by atoms with Gasteiger partial charge in [-0.25, -0.2) is 9.78 Å². The summed E-state index contributed by atoms with van der Waals surface area (Å²) in [5.41, 5.74) is 3.72. The van der Waals surface area contributed by atoms with E-state index in [-0.39, 0.29) is 12.5 Å². The number of imide groups is 1. The van der Waals surface area contributed by atoms with E-state index < -0.39 is 24.4 Å². The zero-order chi connectivity index (χ0) is 24.4. The Morgan fingerprint density at radius 1 is 1.09 bits per heavy atom. The number of aromatic nitrogens is 1. The molecule has 35 heavy (non-hydrogen) atoms. The fourth-order valence-electron chi connectivity index (χ4n) is 4.54. The van der Waals surface area contributed by atoms with E-state index in [0.717, 1.165) is 28.1 Å². The summed E-state index contributed by atoms with van der Waals surface area (Å²) in [7, 11) is 0. The van der Waals surface area contributed by atoms with Crippen LogP contribution in [0, 0.1) is 0 Å². The molecule has 1 saturated heterocycles. The molecule has 2 aromatic heterocycles. The molecule has 0 spiro atoms. The van der Waals surface area contributed by atoms with E-state index in [2.05, 4.69) is 11.4 Å². The van der Waals surface area contributed by atoms with Gasteiger partial charge in [-0.2, -0.15) is 0 Å². The van der Waals surface area contributed by atoms with Crippen molar-refractivity contribution in [3.8, 4) is 0 Å². The van der Waals surface area contributed by atoms with Gasteiger partial charge < -0.3 is 9.64 Å². The monoisotopic (exact) mass is 489 g/mol. The van der Waals surface area contributed by atoms with Crippen LogP contribution in [0.15, 0.2) is 41.8 Å². The van der Waals surface area contributed by atoms with Gasteiger partial charge in [0.25, 0.3) is 5.91 Å². The molecular formula is C26H23N3O5S. The number of thiophene rings is 1. The van der Waals surface area contributed by atoms with Crippen LogP contribution in [-0.4, -0.2) is 53.3 Å². The van der Waals surface area contributed by atoms with E-state index in [1.807, 2.05) is 41.8 Å². The predicted octanol–water partition coefficient (Wildman–Crippen LogP) is 3.21. The van der Waals surface area contributed by atoms with Crippen molar-refractivity contribution in [2.45, 2.75) is 25.7 Å². The van der Waals surface area contributed by atoms with Crippen LogP contribution < -0.4 is 5.32 Å². The molecule has 3 amide bonds. The van der Waals surface area contributed by atoms with Gasteiger partial charge in [0.05, 0.1) is 23.3 Å². The Labute approximate surface area is 205 Å². The van der Waals surface area contributed by atoms with Crippen LogP contribution in [0.25, 0.3) is 22.6 Å². The Bertz CT molecular complexity index is 1360. The van der Waals surface area contributed by atoms with Gasteiger partial charge in [-0.3, -0.25) is 19.7 Å². The Hall–Kier alpha value is -3.85. The quantitative estimate of drug-likeness (QED) is 0.533. The minimum absolute atomic E-state index is 0.107. The highest BCUT2D eigenvalue weighted by molar-refractivity contribution is 7.10. The number of likely N-dealkylation sites (tertiary alicyclic amines) is 1. The molecule has 1 N–H and O–H groups in total. The van der Waals surface area contributed by atoms with Gasteiger partial charge in [-0.1, -0.05) is 24.3 Å². The number of pyridine rings is 1. The maximum atomic E-state index is 13.2. The summed E-state index contributed by atoms with van der Waals surface area (Å²) < 4.78 is 5.33. The van der Waals surface area contributed by atoms with Crippen molar-refractivity contribution in [2.24, 2.45) is 0 Å². The second-order valence-electron chi connectivity index (χ2n) is 8.48. The smallest absolute Gasteiger partial charge is 0.339 e. The molecule has 0 bridgehead atoms. The summed E-state index contributed by atoms with van der Waals surface area (Å²) in [5, 5.41) is 4.86. The van der Waals surface area contributed by atoms with E-state index in [9.17, 15) is 19.2 Å². The summed E-state index contributed by atoms with van der Waals surface area (Å²) >= 11 is 1.64. The molecule has 178 valence electrons. The fourth-order valence-corrected chi connectivity index (χ4v) is 5.22. The molecule has 0 atom stereocenters. The highest BCUT2D eigenvalue weighted by Gasteiger charge is 2.28. The third-order valence-electron chi connectivity index (χ3n) is 6.12. The van der Waals surface area contributed by atoms with Crippen molar-refractivity contribution in [2.75, 3.05) is 19.7 Å². The first kappa shape index (κ1) is 22.9. The normalized spacial score (nSPS) is 16.1. The molecule has 0 saturated carbocycles. The summed E-state index contributed by atoms with van der Waals surface area (Å²) in [5.74, 6) is -2.07. The van der Waals surface area contributed by atoms with Crippen LogP contribution in [-0.2, 0) is 25.5 Å². The first-order valence-corrected chi connectivity index (χ1v) is 12.3. The lowest BCUT2D eigenvalue weighted by Gasteiger charge is -2.15. The Morgan fingerprint density at radius 2 is 1.94 bits per heavy atom. The number of carbonyl (C=O) groups is 4. The standard InChI is InChI=1S/C26H23N3O5S/c30-21(14-29-11-3-8-23(29)32)28-22(31)15-34-26(33)24-18-6-1-2-7-20(18)27-25-16(9-10-19(24)25)13-17-5-4-12-35-17/h1-2,4-7,12-13H,3,8-11,14-15H2,(H,28,30,31)/b16-13-. The topological polar surface area (TPSA) is 106 Å². The fraction of sp³-hybridized carbons (Fsp3) is 0.269. The molecule has 3 aromatic rings. The van der Waals surface area contributed by atoms with Crippen molar-refractivity contribution in [1.82, 2.24) is 15.2 Å². The van der Waals surface area contributed by atoms with Gasteiger partial charge in [-0.15, -0.1) is 11.3 Å². The average molecular weight is 490 g/mol. The predicted molar refractivity (Wildman–Crippen MR) is 132 cm³/mol. The highest BCUT2D eigenvalue weighted by Crippen LogP contribution is 2.38. The van der Waals surface area contributed by atoms with Crippen LogP contribution in [0.5, 0.6) is 0 Å². The molecule has 2 aliphatic rings. The van der Waals surface area contributed by atoms with Crippen LogP contribution in [0.2, 0.25) is 0 Å². The number of esters is 1. The minimum Gasteiger partial charge on any atom is -0.452 e. The third kappa shape index (κ3) is 4.85. The van der Waals surface area contributed by atoms with Crippen molar-refractivity contribution >= 4 is 57.6 Å². The number of carbonyl (C=O) groups excluding carboxylic acids is 4. The number of ether oxygens (including phenoxy) is 1. The van der Waals surface area contributed by atoms with E-state index in [1.165, 1.54) is 4.90 Å². The van der Waals surface area contributed by atoms with E-state index in [1.54, 1.807) is 11.3 Å². The number of amides is 3. The molecule has 1 aliphatic heterocycles.